The van der Waals surface area contributed by atoms with Gasteiger partial charge in [-0.15, -0.1) is 11.3 Å². The van der Waals surface area contributed by atoms with Crippen molar-refractivity contribution in [1.29, 1.82) is 0 Å². The van der Waals surface area contributed by atoms with Gasteiger partial charge in [0.15, 0.2) is 0 Å². The van der Waals surface area contributed by atoms with Crippen LogP contribution in [0.15, 0.2) is 24.3 Å². The van der Waals surface area contributed by atoms with E-state index in [-0.39, 0.29) is 6.61 Å². The Morgan fingerprint density at radius 1 is 1.38 bits per heavy atom. The molecule has 13 heavy (non-hydrogen) atoms. The molecule has 0 radical (unpaired) electrons. The number of fused-ring (bicyclic) bond motifs is 1. The highest BCUT2D eigenvalue weighted by molar-refractivity contribution is 7.18. The van der Waals surface area contributed by atoms with Crippen LogP contribution in [0.25, 0.3) is 10.2 Å². The molecule has 2 aromatic rings. The van der Waals surface area contributed by atoms with Gasteiger partial charge in [0.05, 0.1) is 16.8 Å². The maximum atomic E-state index is 9.33. The summed E-state index contributed by atoms with van der Waals surface area (Å²) in [6.07, 6.45) is -0.850. The van der Waals surface area contributed by atoms with Crippen LogP contribution in [0.1, 0.15) is 11.1 Å². The third-order valence-corrected chi connectivity index (χ3v) is 2.91. The van der Waals surface area contributed by atoms with Gasteiger partial charge in [-0.05, 0) is 12.1 Å². The van der Waals surface area contributed by atoms with E-state index in [0.29, 0.717) is 5.01 Å². The Bertz CT molecular complexity index is 380. The Balaban J connectivity index is 2.49. The molecule has 2 N–H and O–H groups in total. The highest BCUT2D eigenvalue weighted by atomic mass is 32.1. The number of aliphatic hydroxyl groups excluding tert-OH is 2. The van der Waals surface area contributed by atoms with E-state index in [2.05, 4.69) is 4.98 Å². The summed E-state index contributed by atoms with van der Waals surface area (Å²) in [5.74, 6) is 0. The Labute approximate surface area is 79.3 Å². The van der Waals surface area contributed by atoms with Crippen molar-refractivity contribution >= 4 is 21.6 Å². The molecule has 0 saturated heterocycles. The number of aliphatic hydroxyl groups is 2. The van der Waals surface area contributed by atoms with E-state index in [9.17, 15) is 5.11 Å². The molecule has 1 aromatic carbocycles. The minimum Gasteiger partial charge on any atom is -0.393 e. The first-order valence-corrected chi connectivity index (χ1v) is 4.77. The molecule has 0 aliphatic heterocycles. The van der Waals surface area contributed by atoms with E-state index in [0.717, 1.165) is 10.2 Å². The van der Waals surface area contributed by atoms with E-state index in [1.807, 2.05) is 24.3 Å². The summed E-state index contributed by atoms with van der Waals surface area (Å²) in [5, 5.41) is 18.6. The molecule has 3 nitrogen and oxygen atoms in total. The van der Waals surface area contributed by atoms with Gasteiger partial charge in [0.1, 0.15) is 11.1 Å². The minimum atomic E-state index is -0.850. The summed E-state index contributed by atoms with van der Waals surface area (Å²) in [4.78, 5) is 4.19. The highest BCUT2D eigenvalue weighted by Gasteiger charge is 2.11. The molecule has 0 aliphatic rings. The molecule has 4 heteroatoms. The lowest BCUT2D eigenvalue weighted by Gasteiger charge is -1.99. The van der Waals surface area contributed by atoms with Gasteiger partial charge in [-0.25, -0.2) is 4.98 Å². The average molecular weight is 195 g/mol. The van der Waals surface area contributed by atoms with Crippen LogP contribution in [0.2, 0.25) is 0 Å². The number of para-hydroxylation sites is 1. The number of thiazole rings is 1. The molecule has 1 heterocycles. The fourth-order valence-electron chi connectivity index (χ4n) is 1.11. The quantitative estimate of drug-likeness (QED) is 0.760. The predicted octanol–water partition coefficient (Wildman–Crippen LogP) is 1.32. The molecule has 0 unspecified atom stereocenters. The maximum Gasteiger partial charge on any atom is 0.129 e. The lowest BCUT2D eigenvalue weighted by Crippen LogP contribution is -2.00. The van der Waals surface area contributed by atoms with Gasteiger partial charge >= 0.3 is 0 Å². The second-order valence-electron chi connectivity index (χ2n) is 2.72. The number of nitrogens with zero attached hydrogens (tertiary/aromatic N) is 1. The smallest absolute Gasteiger partial charge is 0.129 e. The number of hydrogen-bond acceptors (Lipinski definition) is 4. The van der Waals surface area contributed by atoms with E-state index in [1.54, 1.807) is 0 Å². The highest BCUT2D eigenvalue weighted by Crippen LogP contribution is 2.25. The Hall–Kier alpha value is -0.970. The van der Waals surface area contributed by atoms with Crippen molar-refractivity contribution in [3.63, 3.8) is 0 Å². The van der Waals surface area contributed by atoms with Crippen molar-refractivity contribution in [1.82, 2.24) is 4.98 Å². The fourth-order valence-corrected chi connectivity index (χ4v) is 2.06. The largest absolute Gasteiger partial charge is 0.393 e. The third kappa shape index (κ3) is 1.56. The van der Waals surface area contributed by atoms with Crippen LogP contribution >= 0.6 is 11.3 Å². The molecule has 0 fully saturated rings. The van der Waals surface area contributed by atoms with Gasteiger partial charge in [0.2, 0.25) is 0 Å². The summed E-state index contributed by atoms with van der Waals surface area (Å²) in [6, 6.07) is 7.66. The first-order chi connectivity index (χ1) is 6.31. The SMILES string of the molecule is OC[C@@H](O)c1nc2ccccc2s1. The summed E-state index contributed by atoms with van der Waals surface area (Å²) in [5.41, 5.74) is 0.870. The Morgan fingerprint density at radius 3 is 2.85 bits per heavy atom. The standard InChI is InChI=1S/C9H9NO2S/c11-5-7(12)9-10-6-3-1-2-4-8(6)13-9/h1-4,7,11-12H,5H2/t7-/m1/s1. The van der Waals surface area contributed by atoms with Crippen LogP contribution in [0.5, 0.6) is 0 Å². The van der Waals surface area contributed by atoms with Crippen molar-refractivity contribution in [2.45, 2.75) is 6.10 Å². The van der Waals surface area contributed by atoms with E-state index >= 15 is 0 Å². The average Bonchev–Trinajstić information content (AvgIpc) is 2.59. The lowest BCUT2D eigenvalue weighted by molar-refractivity contribution is 0.0955. The first kappa shape index (κ1) is 8.62. The van der Waals surface area contributed by atoms with Crippen molar-refractivity contribution in [2.24, 2.45) is 0 Å². The van der Waals surface area contributed by atoms with Crippen molar-refractivity contribution in [3.8, 4) is 0 Å². The topological polar surface area (TPSA) is 53.4 Å². The molecule has 0 amide bonds. The van der Waals surface area contributed by atoms with Crippen LogP contribution in [0, 0.1) is 0 Å². The second kappa shape index (κ2) is 3.41. The molecular weight excluding hydrogens is 186 g/mol. The van der Waals surface area contributed by atoms with Crippen LogP contribution < -0.4 is 0 Å². The predicted molar refractivity (Wildman–Crippen MR) is 51.7 cm³/mol. The molecule has 1 atom stereocenters. The number of hydrogen-bond donors (Lipinski definition) is 2. The monoisotopic (exact) mass is 195 g/mol. The van der Waals surface area contributed by atoms with Gasteiger partial charge < -0.3 is 10.2 Å². The zero-order valence-corrected chi connectivity index (χ0v) is 7.66. The van der Waals surface area contributed by atoms with E-state index < -0.39 is 6.10 Å². The Kier molecular flexibility index (Phi) is 2.26. The summed E-state index contributed by atoms with van der Waals surface area (Å²) < 4.78 is 1.03. The van der Waals surface area contributed by atoms with Gasteiger partial charge in [0, 0.05) is 0 Å². The molecule has 0 spiro atoms. The van der Waals surface area contributed by atoms with Crippen LogP contribution in [0.3, 0.4) is 0 Å². The summed E-state index contributed by atoms with van der Waals surface area (Å²) in [7, 11) is 0. The zero-order chi connectivity index (χ0) is 9.26. The first-order valence-electron chi connectivity index (χ1n) is 3.95. The van der Waals surface area contributed by atoms with Crippen molar-refractivity contribution in [2.75, 3.05) is 6.61 Å². The normalized spacial score (nSPS) is 13.4. The molecule has 0 aliphatic carbocycles. The number of aromatic nitrogens is 1. The third-order valence-electron chi connectivity index (χ3n) is 1.77. The van der Waals surface area contributed by atoms with Crippen LogP contribution in [0.4, 0.5) is 0 Å². The second-order valence-corrected chi connectivity index (χ2v) is 3.78. The van der Waals surface area contributed by atoms with Gasteiger partial charge in [0.25, 0.3) is 0 Å². The number of benzene rings is 1. The van der Waals surface area contributed by atoms with Gasteiger partial charge in [-0.3, -0.25) is 0 Å². The van der Waals surface area contributed by atoms with Gasteiger partial charge in [-0.2, -0.15) is 0 Å². The van der Waals surface area contributed by atoms with Crippen LogP contribution in [-0.2, 0) is 0 Å². The van der Waals surface area contributed by atoms with Crippen LogP contribution in [-0.4, -0.2) is 21.8 Å². The molecule has 1 aromatic heterocycles. The van der Waals surface area contributed by atoms with E-state index in [1.165, 1.54) is 11.3 Å². The molecule has 0 saturated carbocycles. The maximum absolute atomic E-state index is 9.33. The van der Waals surface area contributed by atoms with Crippen molar-refractivity contribution < 1.29 is 10.2 Å². The molecule has 2 rings (SSSR count). The zero-order valence-electron chi connectivity index (χ0n) is 6.84. The summed E-state index contributed by atoms with van der Waals surface area (Å²) in [6.45, 7) is -0.278. The van der Waals surface area contributed by atoms with Crippen molar-refractivity contribution in [3.05, 3.63) is 29.3 Å². The fraction of sp³-hybridized carbons (Fsp3) is 0.222. The van der Waals surface area contributed by atoms with E-state index in [4.69, 9.17) is 5.11 Å². The van der Waals surface area contributed by atoms with Gasteiger partial charge in [-0.1, -0.05) is 12.1 Å². The molecule has 0 bridgehead atoms. The Morgan fingerprint density at radius 2 is 2.15 bits per heavy atom. The molecular formula is C9H9NO2S. The number of rotatable bonds is 2. The molecule has 68 valence electrons. The lowest BCUT2D eigenvalue weighted by atomic mass is 10.3. The summed E-state index contributed by atoms with van der Waals surface area (Å²) >= 11 is 1.41. The minimum absolute atomic E-state index is 0.278.